The third-order valence-corrected chi connectivity index (χ3v) is 4.00. The molecule has 2 rings (SSSR count). The molecule has 0 aliphatic carbocycles. The van der Waals surface area contributed by atoms with Gasteiger partial charge in [0.25, 0.3) is 0 Å². The lowest BCUT2D eigenvalue weighted by molar-refractivity contribution is 0.0697. The second kappa shape index (κ2) is 6.46. The van der Waals surface area contributed by atoms with Crippen molar-refractivity contribution in [2.45, 2.75) is 12.8 Å². The lowest BCUT2D eigenvalue weighted by Gasteiger charge is -2.35. The second-order valence-corrected chi connectivity index (χ2v) is 6.10. The maximum atomic E-state index is 11.3. The molecule has 1 saturated heterocycles. The fraction of sp³-hybridized carbons (Fsp3) is 0.533. The zero-order valence-corrected chi connectivity index (χ0v) is 12.7. The van der Waals surface area contributed by atoms with Crippen molar-refractivity contribution in [3.05, 3.63) is 28.8 Å². The van der Waals surface area contributed by atoms with Crippen LogP contribution in [0, 0.1) is 5.92 Å². The van der Waals surface area contributed by atoms with Crippen LogP contribution in [0.15, 0.2) is 18.2 Å². The molecule has 0 spiro atoms. The van der Waals surface area contributed by atoms with Crippen LogP contribution >= 0.6 is 11.6 Å². The Morgan fingerprint density at radius 2 is 2.05 bits per heavy atom. The minimum atomic E-state index is -0.896. The Bertz CT molecular complexity index is 483. The summed E-state index contributed by atoms with van der Waals surface area (Å²) in [6.45, 7) is 2.87. The molecule has 0 unspecified atom stereocenters. The quantitative estimate of drug-likeness (QED) is 0.928. The van der Waals surface area contributed by atoms with Gasteiger partial charge in [0, 0.05) is 24.7 Å². The Labute approximate surface area is 124 Å². The number of halogens is 1. The standard InChI is InChI=1S/C15H21ClN2O2/c1-17(2)10-11-5-7-18(8-6-11)14-9-12(16)3-4-13(14)15(19)20/h3-4,9,11H,5-8,10H2,1-2H3,(H,19,20). The highest BCUT2D eigenvalue weighted by Crippen LogP contribution is 2.29. The van der Waals surface area contributed by atoms with Crippen LogP contribution in [0.3, 0.4) is 0 Å². The third kappa shape index (κ3) is 3.64. The van der Waals surface area contributed by atoms with Gasteiger partial charge in [0.1, 0.15) is 0 Å². The summed E-state index contributed by atoms with van der Waals surface area (Å²) in [5.41, 5.74) is 1.08. The van der Waals surface area contributed by atoms with Gasteiger partial charge >= 0.3 is 5.97 Å². The summed E-state index contributed by atoms with van der Waals surface area (Å²) in [4.78, 5) is 15.7. The average molecular weight is 297 g/mol. The fourth-order valence-electron chi connectivity index (χ4n) is 2.82. The SMILES string of the molecule is CN(C)CC1CCN(c2cc(Cl)ccc2C(=O)O)CC1. The van der Waals surface area contributed by atoms with Gasteiger partial charge in [-0.3, -0.25) is 0 Å². The monoisotopic (exact) mass is 296 g/mol. The van der Waals surface area contributed by atoms with E-state index >= 15 is 0 Å². The van der Waals surface area contributed by atoms with E-state index in [1.165, 1.54) is 0 Å². The van der Waals surface area contributed by atoms with Crippen molar-refractivity contribution in [2.24, 2.45) is 5.92 Å². The van der Waals surface area contributed by atoms with E-state index in [1.54, 1.807) is 18.2 Å². The van der Waals surface area contributed by atoms with Gasteiger partial charge in [-0.15, -0.1) is 0 Å². The lowest BCUT2D eigenvalue weighted by atomic mass is 9.95. The molecule has 1 aromatic carbocycles. The number of aromatic carboxylic acids is 1. The number of nitrogens with zero attached hydrogens (tertiary/aromatic N) is 2. The summed E-state index contributed by atoms with van der Waals surface area (Å²) in [5, 5.41) is 9.87. The number of piperidine rings is 1. The third-order valence-electron chi connectivity index (χ3n) is 3.77. The summed E-state index contributed by atoms with van der Waals surface area (Å²) in [6.07, 6.45) is 2.17. The van der Waals surface area contributed by atoms with Crippen LogP contribution in [0.2, 0.25) is 5.02 Å². The highest BCUT2D eigenvalue weighted by Gasteiger charge is 2.23. The predicted molar refractivity (Wildman–Crippen MR) is 81.9 cm³/mol. The van der Waals surface area contributed by atoms with Crippen LogP contribution in [-0.2, 0) is 0 Å². The van der Waals surface area contributed by atoms with Gasteiger partial charge in [-0.05, 0) is 51.1 Å². The second-order valence-electron chi connectivity index (χ2n) is 5.66. The van der Waals surface area contributed by atoms with E-state index in [9.17, 15) is 9.90 Å². The van der Waals surface area contributed by atoms with Crippen LogP contribution in [0.4, 0.5) is 5.69 Å². The summed E-state index contributed by atoms with van der Waals surface area (Å²) >= 11 is 6.01. The summed E-state index contributed by atoms with van der Waals surface area (Å²) < 4.78 is 0. The normalized spacial score (nSPS) is 16.7. The molecule has 0 aromatic heterocycles. The molecule has 0 radical (unpaired) electrons. The minimum absolute atomic E-state index is 0.334. The zero-order valence-electron chi connectivity index (χ0n) is 12.0. The van der Waals surface area contributed by atoms with E-state index in [0.717, 1.165) is 38.2 Å². The Morgan fingerprint density at radius 1 is 1.40 bits per heavy atom. The van der Waals surface area contributed by atoms with E-state index in [1.807, 2.05) is 0 Å². The summed E-state index contributed by atoms with van der Waals surface area (Å²) in [5.74, 6) is -0.208. The molecule has 110 valence electrons. The van der Waals surface area contributed by atoms with Crippen molar-refractivity contribution in [2.75, 3.05) is 38.6 Å². The Kier molecular flexibility index (Phi) is 4.89. The maximum absolute atomic E-state index is 11.3. The number of carbonyl (C=O) groups is 1. The van der Waals surface area contributed by atoms with Crippen molar-refractivity contribution in [3.8, 4) is 0 Å². The number of benzene rings is 1. The number of hydrogen-bond donors (Lipinski definition) is 1. The topological polar surface area (TPSA) is 43.8 Å². The summed E-state index contributed by atoms with van der Waals surface area (Å²) in [7, 11) is 4.18. The Hall–Kier alpha value is -1.26. The first-order valence-electron chi connectivity index (χ1n) is 6.90. The van der Waals surface area contributed by atoms with Crippen LogP contribution in [-0.4, -0.2) is 49.7 Å². The van der Waals surface area contributed by atoms with Gasteiger partial charge in [0.05, 0.1) is 11.3 Å². The van der Waals surface area contributed by atoms with E-state index in [2.05, 4.69) is 23.9 Å². The van der Waals surface area contributed by atoms with Crippen molar-refractivity contribution in [1.29, 1.82) is 0 Å². The molecular weight excluding hydrogens is 276 g/mol. The molecule has 1 aliphatic rings. The molecule has 0 saturated carbocycles. The first-order valence-corrected chi connectivity index (χ1v) is 7.27. The van der Waals surface area contributed by atoms with Gasteiger partial charge in [-0.25, -0.2) is 4.79 Å². The van der Waals surface area contributed by atoms with Crippen molar-refractivity contribution in [3.63, 3.8) is 0 Å². The lowest BCUT2D eigenvalue weighted by Crippen LogP contribution is -2.37. The van der Waals surface area contributed by atoms with Gasteiger partial charge in [-0.2, -0.15) is 0 Å². The molecule has 4 nitrogen and oxygen atoms in total. The molecule has 20 heavy (non-hydrogen) atoms. The Morgan fingerprint density at radius 3 is 2.60 bits per heavy atom. The van der Waals surface area contributed by atoms with Gasteiger partial charge in [0.2, 0.25) is 0 Å². The zero-order chi connectivity index (χ0) is 14.7. The fourth-order valence-corrected chi connectivity index (χ4v) is 2.99. The van der Waals surface area contributed by atoms with Gasteiger partial charge in [-0.1, -0.05) is 11.6 Å². The Balaban J connectivity index is 2.10. The molecule has 0 amide bonds. The molecule has 5 heteroatoms. The molecule has 1 aliphatic heterocycles. The van der Waals surface area contributed by atoms with E-state index < -0.39 is 5.97 Å². The van der Waals surface area contributed by atoms with Crippen LogP contribution < -0.4 is 4.90 Å². The average Bonchev–Trinajstić information content (AvgIpc) is 2.38. The number of anilines is 1. The van der Waals surface area contributed by atoms with E-state index in [4.69, 9.17) is 11.6 Å². The highest BCUT2D eigenvalue weighted by atomic mass is 35.5. The highest BCUT2D eigenvalue weighted by molar-refractivity contribution is 6.31. The van der Waals surface area contributed by atoms with Crippen LogP contribution in [0.25, 0.3) is 0 Å². The number of carboxylic acids is 1. The molecule has 1 fully saturated rings. The number of hydrogen-bond acceptors (Lipinski definition) is 3. The predicted octanol–water partition coefficient (Wildman–Crippen LogP) is 2.82. The summed E-state index contributed by atoms with van der Waals surface area (Å²) in [6, 6.07) is 4.98. The molecule has 1 aromatic rings. The van der Waals surface area contributed by atoms with Crippen LogP contribution in [0.5, 0.6) is 0 Å². The van der Waals surface area contributed by atoms with Gasteiger partial charge in [0.15, 0.2) is 0 Å². The van der Waals surface area contributed by atoms with E-state index in [-0.39, 0.29) is 0 Å². The maximum Gasteiger partial charge on any atom is 0.337 e. The number of carboxylic acid groups (broad SMARTS) is 1. The molecule has 1 heterocycles. The van der Waals surface area contributed by atoms with Crippen LogP contribution in [0.1, 0.15) is 23.2 Å². The first-order chi connectivity index (χ1) is 9.47. The molecular formula is C15H21ClN2O2. The smallest absolute Gasteiger partial charge is 0.337 e. The first kappa shape index (κ1) is 15.1. The minimum Gasteiger partial charge on any atom is -0.478 e. The molecule has 0 atom stereocenters. The molecule has 0 bridgehead atoms. The van der Waals surface area contributed by atoms with Crippen molar-refractivity contribution >= 4 is 23.3 Å². The number of rotatable bonds is 4. The van der Waals surface area contributed by atoms with Crippen molar-refractivity contribution < 1.29 is 9.90 Å². The van der Waals surface area contributed by atoms with Gasteiger partial charge < -0.3 is 14.9 Å². The van der Waals surface area contributed by atoms with Crippen molar-refractivity contribution in [1.82, 2.24) is 4.90 Å². The van der Waals surface area contributed by atoms with E-state index in [0.29, 0.717) is 16.5 Å². The largest absolute Gasteiger partial charge is 0.478 e. The molecule has 1 N–H and O–H groups in total.